The molecule has 16 heavy (non-hydrogen) atoms. The van der Waals surface area contributed by atoms with Crippen LogP contribution < -0.4 is 5.73 Å². The van der Waals surface area contributed by atoms with E-state index < -0.39 is 4.92 Å². The summed E-state index contributed by atoms with van der Waals surface area (Å²) in [5.74, 6) is 0.428. The van der Waals surface area contributed by atoms with Crippen LogP contribution in [0, 0.1) is 17.0 Å². The molecule has 0 atom stereocenters. The Hall–Kier alpha value is -2.44. The molecule has 0 aliphatic heterocycles. The molecule has 82 valence electrons. The lowest BCUT2D eigenvalue weighted by atomic mass is 10.4. The van der Waals surface area contributed by atoms with Crippen LogP contribution in [0.3, 0.4) is 0 Å². The van der Waals surface area contributed by atoms with Gasteiger partial charge in [-0.2, -0.15) is 5.10 Å². The van der Waals surface area contributed by atoms with Crippen molar-refractivity contribution in [3.8, 4) is 5.82 Å². The Bertz CT molecular complexity index is 549. The summed E-state index contributed by atoms with van der Waals surface area (Å²) < 4.78 is 1.44. The maximum atomic E-state index is 10.6. The van der Waals surface area contributed by atoms with Crippen molar-refractivity contribution >= 4 is 11.5 Å². The first-order valence-electron chi connectivity index (χ1n) is 4.51. The molecule has 2 rings (SSSR count). The average Bonchev–Trinajstić information content (AvgIpc) is 2.64. The van der Waals surface area contributed by atoms with Crippen LogP contribution >= 0.6 is 0 Å². The number of pyridine rings is 1. The topological polar surface area (TPSA) is 99.9 Å². The van der Waals surface area contributed by atoms with Crippen molar-refractivity contribution in [1.29, 1.82) is 0 Å². The van der Waals surface area contributed by atoms with Gasteiger partial charge in [0.05, 0.1) is 22.7 Å². The SMILES string of the molecule is Cc1ccn(-c2cc([N+](=O)[O-])cc(N)n2)n1. The van der Waals surface area contributed by atoms with E-state index in [4.69, 9.17) is 5.73 Å². The maximum absolute atomic E-state index is 10.6. The van der Waals surface area contributed by atoms with Crippen molar-refractivity contribution in [3.63, 3.8) is 0 Å². The molecular formula is C9H9N5O2. The summed E-state index contributed by atoms with van der Waals surface area (Å²) in [5, 5.41) is 14.7. The second-order valence-corrected chi connectivity index (χ2v) is 3.27. The summed E-state index contributed by atoms with van der Waals surface area (Å²) in [7, 11) is 0. The van der Waals surface area contributed by atoms with Gasteiger partial charge in [0.15, 0.2) is 5.82 Å². The van der Waals surface area contributed by atoms with Gasteiger partial charge in [0.2, 0.25) is 0 Å². The van der Waals surface area contributed by atoms with E-state index in [2.05, 4.69) is 10.1 Å². The number of aryl methyl sites for hydroxylation is 1. The first-order valence-corrected chi connectivity index (χ1v) is 4.51. The highest BCUT2D eigenvalue weighted by atomic mass is 16.6. The van der Waals surface area contributed by atoms with Crippen molar-refractivity contribution in [2.75, 3.05) is 5.73 Å². The standard InChI is InChI=1S/C9H9N5O2/c1-6-2-3-13(12-6)9-5-7(14(15)16)4-8(10)11-9/h2-5H,1H3,(H2,10,11). The minimum atomic E-state index is -0.516. The van der Waals surface area contributed by atoms with Gasteiger partial charge in [-0.25, -0.2) is 9.67 Å². The Morgan fingerprint density at radius 2 is 2.25 bits per heavy atom. The Kier molecular flexibility index (Phi) is 2.28. The molecule has 0 amide bonds. The van der Waals surface area contributed by atoms with Crippen molar-refractivity contribution in [2.45, 2.75) is 6.92 Å². The zero-order valence-corrected chi connectivity index (χ0v) is 8.49. The van der Waals surface area contributed by atoms with Gasteiger partial charge in [0.25, 0.3) is 5.69 Å². The van der Waals surface area contributed by atoms with Crippen LogP contribution in [0.2, 0.25) is 0 Å². The lowest BCUT2D eigenvalue weighted by Crippen LogP contribution is -2.03. The van der Waals surface area contributed by atoms with Crippen molar-refractivity contribution in [2.24, 2.45) is 0 Å². The molecule has 7 nitrogen and oxygen atoms in total. The highest BCUT2D eigenvalue weighted by Crippen LogP contribution is 2.17. The number of nitro groups is 1. The molecule has 2 heterocycles. The lowest BCUT2D eigenvalue weighted by molar-refractivity contribution is -0.384. The summed E-state index contributed by atoms with van der Waals surface area (Å²) >= 11 is 0. The van der Waals surface area contributed by atoms with Gasteiger partial charge in [0, 0.05) is 6.20 Å². The second kappa shape index (κ2) is 3.61. The van der Waals surface area contributed by atoms with E-state index in [-0.39, 0.29) is 11.5 Å². The molecule has 0 aromatic carbocycles. The van der Waals surface area contributed by atoms with Gasteiger partial charge >= 0.3 is 0 Å². The summed E-state index contributed by atoms with van der Waals surface area (Å²) in [4.78, 5) is 14.1. The fourth-order valence-electron chi connectivity index (χ4n) is 1.29. The minimum absolute atomic E-state index is 0.0948. The monoisotopic (exact) mass is 219 g/mol. The highest BCUT2D eigenvalue weighted by Gasteiger charge is 2.11. The predicted octanol–water partition coefficient (Wildman–Crippen LogP) is 1.07. The van der Waals surface area contributed by atoms with Crippen LogP contribution in [0.1, 0.15) is 5.69 Å². The van der Waals surface area contributed by atoms with Crippen LogP contribution in [0.25, 0.3) is 5.82 Å². The quantitative estimate of drug-likeness (QED) is 0.601. The first kappa shape index (κ1) is 10.1. The van der Waals surface area contributed by atoms with Crippen molar-refractivity contribution in [3.05, 3.63) is 40.2 Å². The Morgan fingerprint density at radius 1 is 1.50 bits per heavy atom. The second-order valence-electron chi connectivity index (χ2n) is 3.27. The molecule has 2 N–H and O–H groups in total. The molecule has 2 aromatic heterocycles. The molecule has 2 aromatic rings. The lowest BCUT2D eigenvalue weighted by Gasteiger charge is -2.01. The van der Waals surface area contributed by atoms with Crippen molar-refractivity contribution < 1.29 is 4.92 Å². The Labute approximate surface area is 90.7 Å². The molecular weight excluding hydrogens is 210 g/mol. The predicted molar refractivity (Wildman–Crippen MR) is 57.2 cm³/mol. The van der Waals surface area contributed by atoms with E-state index in [1.807, 2.05) is 6.92 Å². The number of anilines is 1. The van der Waals surface area contributed by atoms with Crippen molar-refractivity contribution in [1.82, 2.24) is 14.8 Å². The van der Waals surface area contributed by atoms with E-state index in [0.29, 0.717) is 5.82 Å². The summed E-state index contributed by atoms with van der Waals surface area (Å²) in [6.45, 7) is 1.82. The number of hydrogen-bond acceptors (Lipinski definition) is 5. The Balaban J connectivity index is 2.53. The zero-order chi connectivity index (χ0) is 11.7. The maximum Gasteiger partial charge on any atom is 0.276 e. The Morgan fingerprint density at radius 3 is 2.81 bits per heavy atom. The van der Waals surface area contributed by atoms with Gasteiger partial charge in [-0.05, 0) is 13.0 Å². The smallest absolute Gasteiger partial charge is 0.276 e. The average molecular weight is 219 g/mol. The van der Waals surface area contributed by atoms with Gasteiger partial charge in [0.1, 0.15) is 5.82 Å². The summed E-state index contributed by atoms with van der Waals surface area (Å²) in [6, 6.07) is 4.30. The molecule has 7 heteroatoms. The third-order valence-corrected chi connectivity index (χ3v) is 1.98. The van der Waals surface area contributed by atoms with Gasteiger partial charge in [-0.15, -0.1) is 0 Å². The number of nitrogen functional groups attached to an aromatic ring is 1. The first-order chi connectivity index (χ1) is 7.56. The summed E-state index contributed by atoms with van der Waals surface area (Å²) in [6.07, 6.45) is 1.67. The van der Waals surface area contributed by atoms with E-state index >= 15 is 0 Å². The van der Waals surface area contributed by atoms with Crippen LogP contribution in [0.5, 0.6) is 0 Å². The molecule has 0 saturated carbocycles. The molecule has 0 spiro atoms. The molecule has 0 radical (unpaired) electrons. The highest BCUT2D eigenvalue weighted by molar-refractivity contribution is 5.47. The fourth-order valence-corrected chi connectivity index (χ4v) is 1.29. The van der Waals surface area contributed by atoms with E-state index in [1.165, 1.54) is 16.8 Å². The third kappa shape index (κ3) is 1.83. The van der Waals surface area contributed by atoms with E-state index in [9.17, 15) is 10.1 Å². The molecule has 0 unspecified atom stereocenters. The van der Waals surface area contributed by atoms with Crippen LogP contribution in [0.15, 0.2) is 24.4 Å². The van der Waals surface area contributed by atoms with Gasteiger partial charge < -0.3 is 5.73 Å². The number of rotatable bonds is 2. The molecule has 0 fully saturated rings. The molecule has 0 bridgehead atoms. The normalized spacial score (nSPS) is 10.3. The zero-order valence-electron chi connectivity index (χ0n) is 8.49. The number of hydrogen-bond donors (Lipinski definition) is 1. The number of aromatic nitrogens is 3. The minimum Gasteiger partial charge on any atom is -0.383 e. The largest absolute Gasteiger partial charge is 0.383 e. The van der Waals surface area contributed by atoms with Gasteiger partial charge in [-0.3, -0.25) is 10.1 Å². The molecule has 0 saturated heterocycles. The van der Waals surface area contributed by atoms with Crippen LogP contribution in [-0.4, -0.2) is 19.7 Å². The number of nitrogens with zero attached hydrogens (tertiary/aromatic N) is 4. The van der Waals surface area contributed by atoms with E-state index in [1.54, 1.807) is 12.3 Å². The van der Waals surface area contributed by atoms with Crippen LogP contribution in [-0.2, 0) is 0 Å². The van der Waals surface area contributed by atoms with Crippen LogP contribution in [0.4, 0.5) is 11.5 Å². The fraction of sp³-hybridized carbons (Fsp3) is 0.111. The molecule has 0 aliphatic carbocycles. The van der Waals surface area contributed by atoms with E-state index in [0.717, 1.165) is 5.69 Å². The van der Waals surface area contributed by atoms with Gasteiger partial charge in [-0.1, -0.05) is 0 Å². The molecule has 0 aliphatic rings. The number of nitrogens with two attached hydrogens (primary N) is 1. The third-order valence-electron chi connectivity index (χ3n) is 1.98. The summed E-state index contributed by atoms with van der Waals surface area (Å²) in [5.41, 5.74) is 6.18.